The third kappa shape index (κ3) is 4.44. The van der Waals surface area contributed by atoms with Gasteiger partial charge in [0.15, 0.2) is 11.5 Å². The van der Waals surface area contributed by atoms with E-state index in [1.807, 2.05) is 25.1 Å². The van der Waals surface area contributed by atoms with Gasteiger partial charge in [-0.1, -0.05) is 13.0 Å². The average molecular weight is 363 g/mol. The van der Waals surface area contributed by atoms with Gasteiger partial charge in [-0.25, -0.2) is 0 Å². The predicted molar refractivity (Wildman–Crippen MR) is 94.0 cm³/mol. The Balaban J connectivity index is 1.69. The SMILES string of the molecule is CCCNC(=O)C(=O)NC[C@H](c1ccc2c(c1)OCO2)N1CCOCC1. The molecule has 8 heteroatoms. The molecule has 0 saturated carbocycles. The molecular formula is C18H25N3O5. The number of ether oxygens (including phenoxy) is 3. The van der Waals surface area contributed by atoms with Crippen molar-refractivity contribution >= 4 is 11.8 Å². The highest BCUT2D eigenvalue weighted by Crippen LogP contribution is 2.35. The Morgan fingerprint density at radius 3 is 2.62 bits per heavy atom. The van der Waals surface area contributed by atoms with Crippen molar-refractivity contribution in [3.05, 3.63) is 23.8 Å². The van der Waals surface area contributed by atoms with E-state index in [9.17, 15) is 9.59 Å². The molecule has 2 aliphatic rings. The first-order valence-corrected chi connectivity index (χ1v) is 8.96. The minimum atomic E-state index is -0.613. The van der Waals surface area contributed by atoms with Crippen molar-refractivity contribution in [2.45, 2.75) is 19.4 Å². The van der Waals surface area contributed by atoms with E-state index in [1.54, 1.807) is 0 Å². The first-order chi connectivity index (χ1) is 12.7. The van der Waals surface area contributed by atoms with Crippen LogP contribution in [0.15, 0.2) is 18.2 Å². The van der Waals surface area contributed by atoms with Gasteiger partial charge in [0.25, 0.3) is 0 Å². The second kappa shape index (κ2) is 8.86. The monoisotopic (exact) mass is 363 g/mol. The standard InChI is InChI=1S/C18H25N3O5/c1-2-5-19-17(22)18(23)20-11-14(21-6-8-24-9-7-21)13-3-4-15-16(10-13)26-12-25-15/h3-4,10,14H,2,5-9,11-12H2,1H3,(H,19,22)(H,20,23)/t14-/m1/s1. The number of carbonyl (C=O) groups is 2. The highest BCUT2D eigenvalue weighted by Gasteiger charge is 2.26. The molecule has 2 N–H and O–H groups in total. The van der Waals surface area contributed by atoms with Crippen molar-refractivity contribution < 1.29 is 23.8 Å². The lowest BCUT2D eigenvalue weighted by molar-refractivity contribution is -0.139. The fourth-order valence-electron chi connectivity index (χ4n) is 3.06. The predicted octanol–water partition coefficient (Wildman–Crippen LogP) is 0.431. The third-order valence-electron chi connectivity index (χ3n) is 4.47. The van der Waals surface area contributed by atoms with Crippen LogP contribution in [-0.2, 0) is 14.3 Å². The number of hydrogen-bond acceptors (Lipinski definition) is 6. The van der Waals surface area contributed by atoms with E-state index < -0.39 is 11.8 Å². The summed E-state index contributed by atoms with van der Waals surface area (Å²) in [6.45, 7) is 5.78. The molecule has 26 heavy (non-hydrogen) atoms. The summed E-state index contributed by atoms with van der Waals surface area (Å²) in [4.78, 5) is 26.1. The van der Waals surface area contributed by atoms with Crippen molar-refractivity contribution in [2.24, 2.45) is 0 Å². The summed E-state index contributed by atoms with van der Waals surface area (Å²) in [5.41, 5.74) is 1.01. The lowest BCUT2D eigenvalue weighted by Crippen LogP contribution is -2.46. The van der Waals surface area contributed by atoms with Crippen LogP contribution in [0.5, 0.6) is 11.5 Å². The Morgan fingerprint density at radius 2 is 1.85 bits per heavy atom. The van der Waals surface area contributed by atoms with E-state index in [4.69, 9.17) is 14.2 Å². The van der Waals surface area contributed by atoms with Crippen molar-refractivity contribution in [3.8, 4) is 11.5 Å². The van der Waals surface area contributed by atoms with Crippen LogP contribution in [0.2, 0.25) is 0 Å². The molecule has 0 bridgehead atoms. The van der Waals surface area contributed by atoms with E-state index in [0.29, 0.717) is 32.1 Å². The first-order valence-electron chi connectivity index (χ1n) is 8.96. The minimum Gasteiger partial charge on any atom is -0.454 e. The smallest absolute Gasteiger partial charge is 0.309 e. The number of hydrogen-bond donors (Lipinski definition) is 2. The fraction of sp³-hybridized carbons (Fsp3) is 0.556. The summed E-state index contributed by atoms with van der Waals surface area (Å²) in [7, 11) is 0. The van der Waals surface area contributed by atoms with Gasteiger partial charge in [0.05, 0.1) is 19.3 Å². The topological polar surface area (TPSA) is 89.1 Å². The van der Waals surface area contributed by atoms with Gasteiger partial charge < -0.3 is 24.8 Å². The van der Waals surface area contributed by atoms with E-state index >= 15 is 0 Å². The summed E-state index contributed by atoms with van der Waals surface area (Å²) in [6.07, 6.45) is 0.784. The van der Waals surface area contributed by atoms with Crippen molar-refractivity contribution in [1.82, 2.24) is 15.5 Å². The number of nitrogens with one attached hydrogen (secondary N) is 2. The molecule has 1 atom stereocenters. The van der Waals surface area contributed by atoms with Crippen molar-refractivity contribution in [3.63, 3.8) is 0 Å². The summed E-state index contributed by atoms with van der Waals surface area (Å²) in [5, 5.41) is 5.34. The van der Waals surface area contributed by atoms with Crippen LogP contribution in [0.1, 0.15) is 24.9 Å². The summed E-state index contributed by atoms with van der Waals surface area (Å²) in [5.74, 6) is 0.209. The van der Waals surface area contributed by atoms with Crippen LogP contribution >= 0.6 is 0 Å². The van der Waals surface area contributed by atoms with Gasteiger partial charge in [-0.15, -0.1) is 0 Å². The van der Waals surface area contributed by atoms with Crippen LogP contribution in [0, 0.1) is 0 Å². The van der Waals surface area contributed by atoms with Crippen molar-refractivity contribution in [1.29, 1.82) is 0 Å². The molecule has 0 unspecified atom stereocenters. The van der Waals surface area contributed by atoms with Gasteiger partial charge >= 0.3 is 11.8 Å². The zero-order chi connectivity index (χ0) is 18.4. The highest BCUT2D eigenvalue weighted by atomic mass is 16.7. The highest BCUT2D eigenvalue weighted by molar-refractivity contribution is 6.35. The molecule has 1 aromatic rings. The summed E-state index contributed by atoms with van der Waals surface area (Å²) in [6, 6.07) is 5.71. The molecule has 0 radical (unpaired) electrons. The maximum atomic E-state index is 12.0. The largest absolute Gasteiger partial charge is 0.454 e. The van der Waals surface area contributed by atoms with Gasteiger partial charge in [0.1, 0.15) is 0 Å². The average Bonchev–Trinajstić information content (AvgIpc) is 3.15. The fourth-order valence-corrected chi connectivity index (χ4v) is 3.06. The minimum absolute atomic E-state index is 0.0728. The number of morpholine rings is 1. The van der Waals surface area contributed by atoms with Crippen LogP contribution < -0.4 is 20.1 Å². The van der Waals surface area contributed by atoms with Crippen LogP contribution in [0.25, 0.3) is 0 Å². The molecular weight excluding hydrogens is 338 g/mol. The number of rotatable bonds is 6. The Morgan fingerprint density at radius 1 is 1.12 bits per heavy atom. The lowest BCUT2D eigenvalue weighted by atomic mass is 10.0. The molecule has 2 amide bonds. The zero-order valence-electron chi connectivity index (χ0n) is 15.0. The van der Waals surface area contributed by atoms with Crippen LogP contribution in [-0.4, -0.2) is 62.9 Å². The summed E-state index contributed by atoms with van der Waals surface area (Å²) >= 11 is 0. The number of nitrogens with zero attached hydrogens (tertiary/aromatic N) is 1. The van der Waals surface area contributed by atoms with Gasteiger partial charge in [-0.2, -0.15) is 0 Å². The van der Waals surface area contributed by atoms with Gasteiger partial charge in [-0.05, 0) is 24.1 Å². The first kappa shape index (κ1) is 18.5. The quantitative estimate of drug-likeness (QED) is 0.713. The Hall–Kier alpha value is -2.32. The molecule has 0 spiro atoms. The zero-order valence-corrected chi connectivity index (χ0v) is 15.0. The van der Waals surface area contributed by atoms with Crippen molar-refractivity contribution in [2.75, 3.05) is 46.2 Å². The lowest BCUT2D eigenvalue weighted by Gasteiger charge is -2.34. The molecule has 1 saturated heterocycles. The second-order valence-corrected chi connectivity index (χ2v) is 6.24. The van der Waals surface area contributed by atoms with E-state index in [1.165, 1.54) is 0 Å². The molecule has 2 heterocycles. The molecule has 8 nitrogen and oxygen atoms in total. The molecule has 0 aromatic heterocycles. The van der Waals surface area contributed by atoms with Gasteiger partial charge in [0, 0.05) is 26.2 Å². The maximum Gasteiger partial charge on any atom is 0.309 e. The van der Waals surface area contributed by atoms with E-state index in [2.05, 4.69) is 15.5 Å². The maximum absolute atomic E-state index is 12.0. The molecule has 0 aliphatic carbocycles. The molecule has 2 aliphatic heterocycles. The van der Waals surface area contributed by atoms with Crippen LogP contribution in [0.3, 0.4) is 0 Å². The number of carbonyl (C=O) groups excluding carboxylic acids is 2. The number of fused-ring (bicyclic) bond motifs is 1. The summed E-state index contributed by atoms with van der Waals surface area (Å²) < 4.78 is 16.3. The normalized spacial score (nSPS) is 17.6. The second-order valence-electron chi connectivity index (χ2n) is 6.24. The molecule has 1 aromatic carbocycles. The Labute approximate surface area is 152 Å². The number of benzene rings is 1. The van der Waals surface area contributed by atoms with E-state index in [0.717, 1.165) is 30.8 Å². The third-order valence-corrected chi connectivity index (χ3v) is 4.47. The Bertz CT molecular complexity index is 646. The Kier molecular flexibility index (Phi) is 6.30. The van der Waals surface area contributed by atoms with E-state index in [-0.39, 0.29) is 12.8 Å². The molecule has 3 rings (SSSR count). The van der Waals surface area contributed by atoms with Crippen LogP contribution in [0.4, 0.5) is 0 Å². The molecule has 1 fully saturated rings. The van der Waals surface area contributed by atoms with Gasteiger partial charge in [0.2, 0.25) is 6.79 Å². The number of amides is 2. The molecule has 142 valence electrons. The van der Waals surface area contributed by atoms with Gasteiger partial charge in [-0.3, -0.25) is 14.5 Å².